The third-order valence-electron chi connectivity index (χ3n) is 7.88. The van der Waals surface area contributed by atoms with E-state index in [2.05, 4.69) is 11.8 Å². The molecule has 0 unspecified atom stereocenters. The molecule has 0 aliphatic heterocycles. The van der Waals surface area contributed by atoms with Gasteiger partial charge in [-0.1, -0.05) is 121 Å². The Morgan fingerprint density at radius 3 is 0.852 bits per heavy atom. The van der Waals surface area contributed by atoms with Crippen LogP contribution < -0.4 is 18.9 Å². The maximum Gasteiger partial charge on any atom is 0.385 e. The molecule has 0 fully saturated rings. The van der Waals surface area contributed by atoms with E-state index in [4.69, 9.17) is 28.4 Å². The van der Waals surface area contributed by atoms with Crippen LogP contribution in [0.4, 0.5) is 0 Å². The molecule has 0 radical (unpaired) electrons. The van der Waals surface area contributed by atoms with Crippen LogP contribution in [-0.2, 0) is 58.7 Å². The van der Waals surface area contributed by atoms with Gasteiger partial charge in [-0.15, -0.1) is 0 Å². The first-order valence-electron chi connectivity index (χ1n) is 17.3. The number of rotatable bonds is 16. The van der Waals surface area contributed by atoms with Crippen LogP contribution in [-0.4, -0.2) is 11.9 Å². The number of ether oxygens (including phenoxy) is 6. The zero-order chi connectivity index (χ0) is 37.2. The van der Waals surface area contributed by atoms with E-state index in [0.29, 0.717) is 60.6 Å². The van der Waals surface area contributed by atoms with Gasteiger partial charge in [0.25, 0.3) is 0 Å². The topological polar surface area (TPSA) is 89.5 Å². The maximum atomic E-state index is 12.6. The lowest BCUT2D eigenvalue weighted by atomic mass is 10.2. The van der Waals surface area contributed by atoms with Gasteiger partial charge in [0.1, 0.15) is 62.6 Å². The van der Waals surface area contributed by atoms with Gasteiger partial charge in [-0.2, -0.15) is 0 Å². The van der Waals surface area contributed by atoms with Crippen LogP contribution in [0.2, 0.25) is 0 Å². The molecule has 6 aromatic carbocycles. The highest BCUT2D eigenvalue weighted by atomic mass is 16.5. The van der Waals surface area contributed by atoms with Crippen molar-refractivity contribution in [3.63, 3.8) is 0 Å². The minimum absolute atomic E-state index is 0.117. The molecule has 0 aliphatic carbocycles. The number of benzene rings is 6. The summed E-state index contributed by atoms with van der Waals surface area (Å²) in [7, 11) is 0. The molecule has 54 heavy (non-hydrogen) atoms. The summed E-state index contributed by atoms with van der Waals surface area (Å²) in [5.74, 6) is 4.85. The molecule has 8 nitrogen and oxygen atoms in total. The molecule has 0 saturated carbocycles. The molecule has 0 heterocycles. The van der Waals surface area contributed by atoms with Gasteiger partial charge in [0, 0.05) is 24.0 Å². The fourth-order valence-corrected chi connectivity index (χ4v) is 5.20. The quantitative estimate of drug-likeness (QED) is 0.0558. The molecular formula is C46H38O8. The third kappa shape index (κ3) is 12.4. The van der Waals surface area contributed by atoms with Crippen molar-refractivity contribution in [3.8, 4) is 34.8 Å². The van der Waals surface area contributed by atoms with Crippen molar-refractivity contribution in [2.75, 3.05) is 0 Å². The lowest BCUT2D eigenvalue weighted by Crippen LogP contribution is -2.06. The lowest BCUT2D eigenvalue weighted by Gasteiger charge is -2.13. The van der Waals surface area contributed by atoms with Crippen molar-refractivity contribution in [1.82, 2.24) is 0 Å². The molecule has 270 valence electrons. The molecule has 0 bridgehead atoms. The molecule has 0 spiro atoms. The fourth-order valence-electron chi connectivity index (χ4n) is 5.20. The third-order valence-corrected chi connectivity index (χ3v) is 7.88. The van der Waals surface area contributed by atoms with Crippen LogP contribution in [0.1, 0.15) is 33.4 Å². The second-order valence-electron chi connectivity index (χ2n) is 12.1. The van der Waals surface area contributed by atoms with E-state index in [0.717, 1.165) is 22.3 Å². The van der Waals surface area contributed by atoms with Gasteiger partial charge in [0.2, 0.25) is 0 Å². The predicted octanol–water partition coefficient (Wildman–Crippen LogP) is 8.79. The van der Waals surface area contributed by atoms with Crippen LogP contribution in [0.25, 0.3) is 0 Å². The van der Waals surface area contributed by atoms with E-state index < -0.39 is 11.9 Å². The smallest absolute Gasteiger partial charge is 0.385 e. The largest absolute Gasteiger partial charge is 0.489 e. The Morgan fingerprint density at radius 1 is 0.333 bits per heavy atom. The summed E-state index contributed by atoms with van der Waals surface area (Å²) in [6.45, 7) is 1.17. The molecule has 0 N–H and O–H groups in total. The van der Waals surface area contributed by atoms with E-state index in [1.807, 2.05) is 121 Å². The van der Waals surface area contributed by atoms with Crippen molar-refractivity contribution < 1.29 is 38.0 Å². The van der Waals surface area contributed by atoms with Gasteiger partial charge < -0.3 is 28.4 Å². The van der Waals surface area contributed by atoms with Crippen LogP contribution in [0, 0.1) is 11.8 Å². The minimum Gasteiger partial charge on any atom is -0.489 e. The van der Waals surface area contributed by atoms with E-state index in [9.17, 15) is 9.59 Å². The number of hydrogen-bond donors (Lipinski definition) is 0. The minimum atomic E-state index is -0.887. The summed E-state index contributed by atoms with van der Waals surface area (Å²) in [5, 5.41) is 0. The second kappa shape index (κ2) is 19.6. The van der Waals surface area contributed by atoms with Crippen LogP contribution >= 0.6 is 0 Å². The first kappa shape index (κ1) is 36.8. The molecular weight excluding hydrogens is 680 g/mol. The van der Waals surface area contributed by atoms with Gasteiger partial charge in [-0.3, -0.25) is 0 Å². The standard InChI is InChI=1S/C46H38O8/c47-45(53-33-39-23-41(49-29-35-13-5-1-6-14-35)27-42(24-39)50-30-36-15-7-2-8-16-36)21-22-46(48)54-34-40-25-43(51-31-37-17-9-3-10-18-37)28-44(26-40)52-32-38-19-11-4-12-20-38/h1-20,23-28H,29-34H2. The van der Waals surface area contributed by atoms with Gasteiger partial charge in [-0.25, -0.2) is 9.59 Å². The monoisotopic (exact) mass is 718 g/mol. The SMILES string of the molecule is O=C(C#CC(=O)OCc1cc(OCc2ccccc2)cc(OCc2ccccc2)c1)OCc1cc(OCc2ccccc2)cc(OCc2ccccc2)c1. The summed E-state index contributed by atoms with van der Waals surface area (Å²) in [6, 6.07) is 49.7. The number of carbonyl (C=O) groups is 2. The highest BCUT2D eigenvalue weighted by Gasteiger charge is 2.10. The first-order valence-corrected chi connectivity index (χ1v) is 17.3. The Morgan fingerprint density at radius 2 is 0.593 bits per heavy atom. The van der Waals surface area contributed by atoms with E-state index in [1.165, 1.54) is 0 Å². The van der Waals surface area contributed by atoms with E-state index in [-0.39, 0.29) is 13.2 Å². The average Bonchev–Trinajstić information content (AvgIpc) is 3.22. The van der Waals surface area contributed by atoms with Gasteiger partial charge in [0.15, 0.2) is 0 Å². The summed E-state index contributed by atoms with van der Waals surface area (Å²) < 4.78 is 34.9. The zero-order valence-corrected chi connectivity index (χ0v) is 29.5. The normalized spacial score (nSPS) is 10.3. The summed E-state index contributed by atoms with van der Waals surface area (Å²) >= 11 is 0. The predicted molar refractivity (Wildman–Crippen MR) is 203 cm³/mol. The van der Waals surface area contributed by atoms with Crippen molar-refractivity contribution in [2.45, 2.75) is 39.6 Å². The molecule has 6 rings (SSSR count). The molecule has 0 aromatic heterocycles. The van der Waals surface area contributed by atoms with Crippen molar-refractivity contribution in [2.24, 2.45) is 0 Å². The highest BCUT2D eigenvalue weighted by Crippen LogP contribution is 2.27. The number of esters is 2. The highest BCUT2D eigenvalue weighted by molar-refractivity contribution is 5.98. The lowest BCUT2D eigenvalue weighted by molar-refractivity contribution is -0.140. The zero-order valence-electron chi connectivity index (χ0n) is 29.5. The Bertz CT molecular complexity index is 1880. The van der Waals surface area contributed by atoms with Crippen LogP contribution in [0.5, 0.6) is 23.0 Å². The molecule has 0 atom stereocenters. The van der Waals surface area contributed by atoms with Crippen LogP contribution in [0.3, 0.4) is 0 Å². The van der Waals surface area contributed by atoms with Crippen molar-refractivity contribution >= 4 is 11.9 Å². The van der Waals surface area contributed by atoms with Crippen molar-refractivity contribution in [1.29, 1.82) is 0 Å². The van der Waals surface area contributed by atoms with E-state index >= 15 is 0 Å². The Kier molecular flexibility index (Phi) is 13.3. The molecule has 0 aliphatic rings. The van der Waals surface area contributed by atoms with Crippen LogP contribution in [0.15, 0.2) is 158 Å². The Hall–Kier alpha value is -6.98. The summed E-state index contributed by atoms with van der Waals surface area (Å²) in [4.78, 5) is 25.1. The van der Waals surface area contributed by atoms with E-state index in [1.54, 1.807) is 36.4 Å². The fraction of sp³-hybridized carbons (Fsp3) is 0.130. The average molecular weight is 719 g/mol. The summed E-state index contributed by atoms with van der Waals surface area (Å²) in [5.41, 5.74) is 5.27. The number of hydrogen-bond acceptors (Lipinski definition) is 8. The first-order chi connectivity index (χ1) is 26.5. The van der Waals surface area contributed by atoms with Gasteiger partial charge >= 0.3 is 11.9 Å². The molecule has 0 saturated heterocycles. The van der Waals surface area contributed by atoms with Gasteiger partial charge in [-0.05, 0) is 57.6 Å². The molecule has 6 aromatic rings. The molecule has 8 heteroatoms. The second-order valence-corrected chi connectivity index (χ2v) is 12.1. The van der Waals surface area contributed by atoms with Crippen molar-refractivity contribution in [3.05, 3.63) is 191 Å². The Labute approximate surface area is 314 Å². The maximum absolute atomic E-state index is 12.6. The summed E-state index contributed by atoms with van der Waals surface area (Å²) in [6.07, 6.45) is 0. The molecule has 0 amide bonds. The Balaban J connectivity index is 1.05. The van der Waals surface area contributed by atoms with Gasteiger partial charge in [0.05, 0.1) is 0 Å². The number of carbonyl (C=O) groups excluding carboxylic acids is 2.